The van der Waals surface area contributed by atoms with Gasteiger partial charge in [-0.2, -0.15) is 0 Å². The van der Waals surface area contributed by atoms with E-state index in [1.54, 1.807) is 43.8 Å². The lowest BCUT2D eigenvalue weighted by atomic mass is 9.99. The van der Waals surface area contributed by atoms with Gasteiger partial charge < -0.3 is 10.1 Å². The molecule has 0 saturated heterocycles. The van der Waals surface area contributed by atoms with Crippen LogP contribution < -0.4 is 15.4 Å². The molecule has 6 heteroatoms. The van der Waals surface area contributed by atoms with Crippen molar-refractivity contribution >= 4 is 17.6 Å². The van der Waals surface area contributed by atoms with Crippen LogP contribution in [0.2, 0.25) is 0 Å². The van der Waals surface area contributed by atoms with Gasteiger partial charge in [0.05, 0.1) is 13.7 Å². The molecule has 0 bridgehead atoms. The van der Waals surface area contributed by atoms with Gasteiger partial charge in [0.2, 0.25) is 5.96 Å². The molecule has 160 valence electrons. The Morgan fingerprint density at radius 2 is 1.84 bits per heavy atom. The number of carbonyl (C=O) groups excluding carboxylic acids is 1. The lowest BCUT2D eigenvalue weighted by Gasteiger charge is -2.14. The van der Waals surface area contributed by atoms with Crippen LogP contribution >= 0.6 is 0 Å². The van der Waals surface area contributed by atoms with Crippen molar-refractivity contribution in [1.29, 1.82) is 0 Å². The Kier molecular flexibility index (Phi) is 7.76. The van der Waals surface area contributed by atoms with Gasteiger partial charge in [0, 0.05) is 23.6 Å². The zero-order chi connectivity index (χ0) is 22.1. The quantitative estimate of drug-likeness (QED) is 0.420. The molecule has 0 saturated carbocycles. The van der Waals surface area contributed by atoms with Crippen LogP contribution in [0.25, 0.3) is 0 Å². The van der Waals surface area contributed by atoms with Crippen molar-refractivity contribution in [3.8, 4) is 5.75 Å². The summed E-state index contributed by atoms with van der Waals surface area (Å²) in [7, 11) is 1.57. The highest BCUT2D eigenvalue weighted by Crippen LogP contribution is 2.20. The topological polar surface area (TPSA) is 75.6 Å². The summed E-state index contributed by atoms with van der Waals surface area (Å²) in [5, 5.41) is 6.11. The Hall–Kier alpha value is -3.67. The smallest absolute Gasteiger partial charge is 0.258 e. The molecule has 1 atom stereocenters. The average Bonchev–Trinajstić information content (AvgIpc) is 2.83. The van der Waals surface area contributed by atoms with Gasteiger partial charge in [-0.15, -0.1) is 0 Å². The number of hydrogen-bond donors (Lipinski definition) is 2. The fourth-order valence-electron chi connectivity index (χ4n) is 2.98. The van der Waals surface area contributed by atoms with E-state index < -0.39 is 0 Å². The first-order chi connectivity index (χ1) is 15.1. The molecule has 0 unspecified atom stereocenters. The summed E-state index contributed by atoms with van der Waals surface area (Å²) in [6.45, 7) is 4.79. The maximum atomic E-state index is 12.8. The minimum atomic E-state index is -0.267. The molecule has 3 rings (SSSR count). The summed E-state index contributed by atoms with van der Waals surface area (Å²) >= 11 is 0. The van der Waals surface area contributed by atoms with Crippen molar-refractivity contribution < 1.29 is 9.53 Å². The molecule has 0 fully saturated rings. The van der Waals surface area contributed by atoms with Gasteiger partial charge in [-0.25, -0.2) is 4.99 Å². The average molecular weight is 417 g/mol. The summed E-state index contributed by atoms with van der Waals surface area (Å²) in [4.78, 5) is 21.4. The van der Waals surface area contributed by atoms with Crippen molar-refractivity contribution in [3.63, 3.8) is 0 Å². The highest BCUT2D eigenvalue weighted by atomic mass is 16.5. The van der Waals surface area contributed by atoms with E-state index in [0.29, 0.717) is 29.7 Å². The van der Waals surface area contributed by atoms with E-state index >= 15 is 0 Å². The summed E-state index contributed by atoms with van der Waals surface area (Å²) in [5.74, 6) is 1.23. The number of hydrogen-bond acceptors (Lipinski definition) is 4. The number of ether oxygens (including phenoxy) is 1. The molecule has 1 heterocycles. The molecular formula is C25H28N4O2. The van der Waals surface area contributed by atoms with Crippen LogP contribution in [0.4, 0.5) is 5.69 Å². The van der Waals surface area contributed by atoms with E-state index in [4.69, 9.17) is 4.74 Å². The van der Waals surface area contributed by atoms with Gasteiger partial charge in [0.15, 0.2) is 0 Å². The van der Waals surface area contributed by atoms with Crippen molar-refractivity contribution in [2.45, 2.75) is 32.7 Å². The van der Waals surface area contributed by atoms with Gasteiger partial charge in [-0.05, 0) is 65.9 Å². The maximum Gasteiger partial charge on any atom is 0.258 e. The van der Waals surface area contributed by atoms with Gasteiger partial charge in [-0.1, -0.05) is 32.0 Å². The minimum absolute atomic E-state index is 0.267. The predicted molar refractivity (Wildman–Crippen MR) is 125 cm³/mol. The Morgan fingerprint density at radius 3 is 2.52 bits per heavy atom. The van der Waals surface area contributed by atoms with Crippen LogP contribution in [0.5, 0.6) is 5.75 Å². The third kappa shape index (κ3) is 6.40. The minimum Gasteiger partial charge on any atom is -0.497 e. The Labute approximate surface area is 183 Å². The van der Waals surface area contributed by atoms with Crippen LogP contribution in [0, 0.1) is 0 Å². The Bertz CT molecular complexity index is 1020. The van der Waals surface area contributed by atoms with Crippen LogP contribution in [0.15, 0.2) is 78.0 Å². The second kappa shape index (κ2) is 10.9. The number of pyridine rings is 1. The monoisotopic (exact) mass is 416 g/mol. The summed E-state index contributed by atoms with van der Waals surface area (Å²) in [6, 6.07) is 19.0. The number of aliphatic imine (C=N–C) groups is 1. The first-order valence-corrected chi connectivity index (χ1v) is 10.3. The molecule has 2 aromatic carbocycles. The second-order valence-electron chi connectivity index (χ2n) is 7.26. The van der Waals surface area contributed by atoms with Crippen LogP contribution in [-0.4, -0.2) is 24.0 Å². The first-order valence-electron chi connectivity index (χ1n) is 10.3. The van der Waals surface area contributed by atoms with E-state index in [0.717, 1.165) is 17.7 Å². The van der Waals surface area contributed by atoms with E-state index in [1.807, 2.05) is 24.3 Å². The molecule has 31 heavy (non-hydrogen) atoms. The molecule has 1 aromatic heterocycles. The van der Waals surface area contributed by atoms with Crippen molar-refractivity contribution in [2.75, 3.05) is 12.4 Å². The summed E-state index contributed by atoms with van der Waals surface area (Å²) in [5.41, 5.74) is 3.62. The van der Waals surface area contributed by atoms with Crippen molar-refractivity contribution in [1.82, 2.24) is 10.3 Å². The molecule has 3 aromatic rings. The fourth-order valence-corrected chi connectivity index (χ4v) is 2.98. The highest BCUT2D eigenvalue weighted by molar-refractivity contribution is 6.10. The first kappa shape index (κ1) is 22.0. The summed E-state index contributed by atoms with van der Waals surface area (Å²) in [6.07, 6.45) is 4.53. The molecule has 0 aliphatic heterocycles. The molecular weight excluding hydrogens is 388 g/mol. The molecule has 0 aliphatic rings. The van der Waals surface area contributed by atoms with Crippen LogP contribution in [-0.2, 0) is 6.54 Å². The van der Waals surface area contributed by atoms with Crippen LogP contribution in [0.1, 0.15) is 47.7 Å². The predicted octanol–water partition coefficient (Wildman–Crippen LogP) is 5.00. The Morgan fingerprint density at radius 1 is 1.10 bits per heavy atom. The van der Waals surface area contributed by atoms with E-state index in [1.165, 1.54) is 5.56 Å². The highest BCUT2D eigenvalue weighted by Gasteiger charge is 2.11. The van der Waals surface area contributed by atoms with Gasteiger partial charge >= 0.3 is 0 Å². The van der Waals surface area contributed by atoms with Crippen molar-refractivity contribution in [3.05, 3.63) is 89.7 Å². The number of benzene rings is 2. The fraction of sp³-hybridized carbons (Fsp3) is 0.240. The number of aromatic nitrogens is 1. The molecule has 0 radical (unpaired) electrons. The molecule has 0 spiro atoms. The Balaban J connectivity index is 1.79. The zero-order valence-corrected chi connectivity index (χ0v) is 18.1. The molecule has 6 nitrogen and oxygen atoms in total. The second-order valence-corrected chi connectivity index (χ2v) is 7.26. The number of nitrogens with one attached hydrogen (secondary N) is 2. The van der Waals surface area contributed by atoms with E-state index in [2.05, 4.69) is 46.6 Å². The number of nitrogens with zero attached hydrogens (tertiary/aromatic N) is 2. The SMILES string of the molecule is CC[C@H](C)c1ccc(NC(=NCc2ccncc2)NC(=O)c2cccc(OC)c2)cc1. The molecule has 2 N–H and O–H groups in total. The number of carbonyl (C=O) groups is 1. The van der Waals surface area contributed by atoms with E-state index in [-0.39, 0.29) is 5.91 Å². The molecule has 1 amide bonds. The zero-order valence-electron chi connectivity index (χ0n) is 18.1. The largest absolute Gasteiger partial charge is 0.497 e. The lowest BCUT2D eigenvalue weighted by Crippen LogP contribution is -2.36. The van der Waals surface area contributed by atoms with Gasteiger partial charge in [0.25, 0.3) is 5.91 Å². The van der Waals surface area contributed by atoms with Crippen molar-refractivity contribution in [2.24, 2.45) is 4.99 Å². The summed E-state index contributed by atoms with van der Waals surface area (Å²) < 4.78 is 5.22. The third-order valence-corrected chi connectivity index (χ3v) is 5.09. The number of amides is 1. The maximum absolute atomic E-state index is 12.8. The number of methoxy groups -OCH3 is 1. The normalized spacial score (nSPS) is 12.2. The molecule has 0 aliphatic carbocycles. The standard InChI is InChI=1S/C25H28N4O2/c1-4-18(2)20-8-10-22(11-9-20)28-25(27-17-19-12-14-26-15-13-19)29-24(30)21-6-5-7-23(16-21)31-3/h5-16,18H,4,17H2,1-3H3,(H2,27,28,29,30)/t18-/m0/s1. The van der Waals surface area contributed by atoms with E-state index in [9.17, 15) is 4.79 Å². The number of anilines is 1. The van der Waals surface area contributed by atoms with Gasteiger partial charge in [-0.3, -0.25) is 15.1 Å². The third-order valence-electron chi connectivity index (χ3n) is 5.09. The van der Waals surface area contributed by atoms with Crippen LogP contribution in [0.3, 0.4) is 0 Å². The number of guanidine groups is 1. The lowest BCUT2D eigenvalue weighted by molar-refractivity contribution is 0.0976. The van der Waals surface area contributed by atoms with Gasteiger partial charge in [0.1, 0.15) is 5.75 Å². The number of rotatable bonds is 7.